The monoisotopic (exact) mass is 464 g/mol. The smallest absolute Gasteiger partial charge is 0.288 e. The fourth-order valence-electron chi connectivity index (χ4n) is 3.04. The Morgan fingerprint density at radius 2 is 1.58 bits per heavy atom. The molecule has 1 aromatic heterocycles. The number of aromatic amines is 1. The maximum absolute atomic E-state index is 13.1. The molecule has 0 saturated carbocycles. The quantitative estimate of drug-likeness (QED) is 0.220. The van der Waals surface area contributed by atoms with E-state index in [-0.39, 0.29) is 27.8 Å². The SMILES string of the molecule is O=c1c(N=Nc2ccc(Cl)c([N+](=O)[O-])c2)c(-c2ccccc2)[nH]n1-c1ccc([N+](=O)[O-])cc1. The first-order valence-corrected chi connectivity index (χ1v) is 9.74. The van der Waals surface area contributed by atoms with Gasteiger partial charge in [-0.3, -0.25) is 30.1 Å². The van der Waals surface area contributed by atoms with Crippen molar-refractivity contribution in [1.29, 1.82) is 0 Å². The van der Waals surface area contributed by atoms with E-state index in [0.29, 0.717) is 16.9 Å². The predicted octanol–water partition coefficient (Wildman–Crippen LogP) is 5.72. The number of nitro benzene ring substituents is 2. The average molecular weight is 465 g/mol. The van der Waals surface area contributed by atoms with Crippen LogP contribution in [-0.4, -0.2) is 19.6 Å². The first-order valence-electron chi connectivity index (χ1n) is 9.36. The van der Waals surface area contributed by atoms with E-state index in [9.17, 15) is 25.0 Å². The van der Waals surface area contributed by atoms with Gasteiger partial charge in [-0.2, -0.15) is 5.11 Å². The number of nitrogens with one attached hydrogen (secondary N) is 1. The summed E-state index contributed by atoms with van der Waals surface area (Å²) in [5.41, 5.74) is 0.420. The molecule has 164 valence electrons. The van der Waals surface area contributed by atoms with Crippen LogP contribution in [0, 0.1) is 20.2 Å². The van der Waals surface area contributed by atoms with E-state index in [4.69, 9.17) is 11.6 Å². The summed E-state index contributed by atoms with van der Waals surface area (Å²) in [6, 6.07) is 18.2. The lowest BCUT2D eigenvalue weighted by atomic mass is 10.1. The van der Waals surface area contributed by atoms with Crippen molar-refractivity contribution in [3.05, 3.63) is 108 Å². The van der Waals surface area contributed by atoms with E-state index in [1.54, 1.807) is 24.3 Å². The van der Waals surface area contributed by atoms with Gasteiger partial charge in [-0.1, -0.05) is 41.9 Å². The normalized spacial score (nSPS) is 11.1. The number of nitrogens with zero attached hydrogens (tertiary/aromatic N) is 5. The fourth-order valence-corrected chi connectivity index (χ4v) is 3.23. The highest BCUT2D eigenvalue weighted by molar-refractivity contribution is 6.32. The summed E-state index contributed by atoms with van der Waals surface area (Å²) in [5, 5.41) is 33.0. The molecule has 0 saturated heterocycles. The number of rotatable bonds is 6. The average Bonchev–Trinajstić information content (AvgIpc) is 3.15. The third-order valence-electron chi connectivity index (χ3n) is 4.64. The van der Waals surface area contributed by atoms with Crippen molar-refractivity contribution in [1.82, 2.24) is 9.78 Å². The molecule has 12 heteroatoms. The van der Waals surface area contributed by atoms with Crippen LogP contribution >= 0.6 is 11.6 Å². The summed E-state index contributed by atoms with van der Waals surface area (Å²) in [5.74, 6) is 0. The minimum absolute atomic E-state index is 0.0443. The first-order chi connectivity index (χ1) is 15.8. The molecular formula is C21H13ClN6O5. The van der Waals surface area contributed by atoms with Gasteiger partial charge in [0.15, 0.2) is 5.69 Å². The molecule has 0 atom stereocenters. The van der Waals surface area contributed by atoms with Gasteiger partial charge in [0.1, 0.15) is 5.02 Å². The van der Waals surface area contributed by atoms with Crippen LogP contribution in [-0.2, 0) is 0 Å². The van der Waals surface area contributed by atoms with Crippen LogP contribution in [0.1, 0.15) is 0 Å². The second-order valence-electron chi connectivity index (χ2n) is 6.71. The molecule has 0 aliphatic rings. The molecule has 4 aromatic rings. The summed E-state index contributed by atoms with van der Waals surface area (Å²) in [6.45, 7) is 0. The number of non-ortho nitro benzene ring substituents is 1. The van der Waals surface area contributed by atoms with Gasteiger partial charge in [0.25, 0.3) is 16.9 Å². The van der Waals surface area contributed by atoms with Crippen molar-refractivity contribution in [3.8, 4) is 16.9 Å². The molecule has 0 aliphatic heterocycles. The van der Waals surface area contributed by atoms with Crippen LogP contribution in [0.5, 0.6) is 0 Å². The molecule has 1 heterocycles. The fraction of sp³-hybridized carbons (Fsp3) is 0. The van der Waals surface area contributed by atoms with Crippen LogP contribution in [0.2, 0.25) is 5.02 Å². The maximum atomic E-state index is 13.1. The van der Waals surface area contributed by atoms with Crippen molar-refractivity contribution >= 4 is 34.4 Å². The molecule has 1 N–H and O–H groups in total. The molecule has 0 aliphatic carbocycles. The third-order valence-corrected chi connectivity index (χ3v) is 4.96. The molecule has 0 bridgehead atoms. The van der Waals surface area contributed by atoms with Crippen LogP contribution < -0.4 is 5.56 Å². The van der Waals surface area contributed by atoms with Gasteiger partial charge < -0.3 is 0 Å². The highest BCUT2D eigenvalue weighted by Crippen LogP contribution is 2.31. The number of halogens is 1. The van der Waals surface area contributed by atoms with Crippen molar-refractivity contribution in [2.24, 2.45) is 10.2 Å². The van der Waals surface area contributed by atoms with E-state index < -0.39 is 15.4 Å². The van der Waals surface area contributed by atoms with Gasteiger partial charge in [0, 0.05) is 23.8 Å². The van der Waals surface area contributed by atoms with E-state index in [0.717, 1.165) is 6.07 Å². The summed E-state index contributed by atoms with van der Waals surface area (Å²) in [4.78, 5) is 34.0. The zero-order chi connectivity index (χ0) is 23.5. The van der Waals surface area contributed by atoms with Crippen LogP contribution in [0.15, 0.2) is 87.8 Å². The second kappa shape index (κ2) is 8.85. The number of hydrogen-bond acceptors (Lipinski definition) is 7. The lowest BCUT2D eigenvalue weighted by Gasteiger charge is -2.01. The van der Waals surface area contributed by atoms with E-state index in [1.807, 2.05) is 6.07 Å². The van der Waals surface area contributed by atoms with Gasteiger partial charge in [-0.15, -0.1) is 5.11 Å². The Hall–Kier alpha value is -4.64. The van der Waals surface area contributed by atoms with Crippen molar-refractivity contribution in [2.45, 2.75) is 0 Å². The molecule has 4 rings (SSSR count). The molecule has 0 unspecified atom stereocenters. The lowest BCUT2D eigenvalue weighted by molar-refractivity contribution is -0.385. The molecule has 0 fully saturated rings. The molecule has 0 radical (unpaired) electrons. The number of H-pyrrole nitrogens is 1. The van der Waals surface area contributed by atoms with Gasteiger partial charge in [0.2, 0.25) is 0 Å². The number of aromatic nitrogens is 2. The predicted molar refractivity (Wildman–Crippen MR) is 121 cm³/mol. The molecule has 0 spiro atoms. The summed E-state index contributed by atoms with van der Waals surface area (Å²) in [7, 11) is 0. The molecule has 3 aromatic carbocycles. The number of benzene rings is 3. The summed E-state index contributed by atoms with van der Waals surface area (Å²) >= 11 is 5.83. The number of azo groups is 1. The lowest BCUT2D eigenvalue weighted by Crippen LogP contribution is -2.13. The van der Waals surface area contributed by atoms with Crippen LogP contribution in [0.3, 0.4) is 0 Å². The highest BCUT2D eigenvalue weighted by atomic mass is 35.5. The van der Waals surface area contributed by atoms with Gasteiger partial charge in [-0.05, 0) is 24.3 Å². The third kappa shape index (κ3) is 4.38. The molecule has 11 nitrogen and oxygen atoms in total. The summed E-state index contributed by atoms with van der Waals surface area (Å²) in [6.07, 6.45) is 0. The van der Waals surface area contributed by atoms with Crippen molar-refractivity contribution in [3.63, 3.8) is 0 Å². The van der Waals surface area contributed by atoms with Gasteiger partial charge in [-0.25, -0.2) is 4.68 Å². The molecule has 0 amide bonds. The van der Waals surface area contributed by atoms with E-state index >= 15 is 0 Å². The Morgan fingerprint density at radius 3 is 2.21 bits per heavy atom. The van der Waals surface area contributed by atoms with Gasteiger partial charge in [0.05, 0.1) is 26.9 Å². The summed E-state index contributed by atoms with van der Waals surface area (Å²) < 4.78 is 1.19. The Balaban J connectivity index is 1.82. The van der Waals surface area contributed by atoms with Crippen LogP contribution in [0.25, 0.3) is 16.9 Å². The Labute approximate surface area is 189 Å². The highest BCUT2D eigenvalue weighted by Gasteiger charge is 2.18. The topological polar surface area (TPSA) is 149 Å². The van der Waals surface area contributed by atoms with Crippen LogP contribution in [0.4, 0.5) is 22.7 Å². The second-order valence-corrected chi connectivity index (χ2v) is 7.12. The molecule has 33 heavy (non-hydrogen) atoms. The standard InChI is InChI=1S/C21H13ClN6O5/c22-17-11-6-14(12-18(17)28(32)33)23-24-20-19(13-4-2-1-3-5-13)25-26(21(20)29)15-7-9-16(10-8-15)27(30)31/h1-12,25H. The Kier molecular flexibility index (Phi) is 5.79. The van der Waals surface area contributed by atoms with Crippen molar-refractivity contribution < 1.29 is 9.85 Å². The van der Waals surface area contributed by atoms with Crippen molar-refractivity contribution in [2.75, 3.05) is 0 Å². The Morgan fingerprint density at radius 1 is 0.879 bits per heavy atom. The van der Waals surface area contributed by atoms with E-state index in [2.05, 4.69) is 15.3 Å². The largest absolute Gasteiger partial charge is 0.299 e. The minimum atomic E-state index is -0.644. The number of hydrogen-bond donors (Lipinski definition) is 1. The van der Waals surface area contributed by atoms with Gasteiger partial charge >= 0.3 is 0 Å². The van der Waals surface area contributed by atoms with E-state index in [1.165, 1.54) is 41.1 Å². The Bertz CT molecular complexity index is 1440. The number of nitro groups is 2. The molecular weight excluding hydrogens is 452 g/mol. The first kappa shape index (κ1) is 21.6. The minimum Gasteiger partial charge on any atom is -0.288 e. The zero-order valence-corrected chi connectivity index (χ0v) is 17.3. The zero-order valence-electron chi connectivity index (χ0n) is 16.6. The maximum Gasteiger partial charge on any atom is 0.299 e.